The number of aromatic nitrogens is 2. The van der Waals surface area contributed by atoms with Crippen molar-refractivity contribution in [3.63, 3.8) is 0 Å². The fourth-order valence-electron chi connectivity index (χ4n) is 3.55. The topological polar surface area (TPSA) is 84.3 Å². The van der Waals surface area contributed by atoms with Crippen LogP contribution < -0.4 is 9.62 Å². The van der Waals surface area contributed by atoms with Crippen molar-refractivity contribution in [1.82, 2.24) is 9.78 Å². The van der Waals surface area contributed by atoms with Gasteiger partial charge in [0.05, 0.1) is 17.1 Å². The van der Waals surface area contributed by atoms with Crippen LogP contribution >= 0.6 is 0 Å². The Morgan fingerprint density at radius 3 is 2.12 bits per heavy atom. The van der Waals surface area contributed by atoms with Gasteiger partial charge in [0.1, 0.15) is 11.4 Å². The number of carbonyl (C=O) groups excluding carboxylic acids is 1. The third kappa shape index (κ3) is 4.85. The van der Waals surface area contributed by atoms with Gasteiger partial charge in [-0.25, -0.2) is 8.42 Å². The Balaban J connectivity index is 1.94. The van der Waals surface area contributed by atoms with Crippen LogP contribution in [0.25, 0.3) is 0 Å². The number of amides is 1. The van der Waals surface area contributed by atoms with Crippen LogP contribution in [0, 0.1) is 20.8 Å². The highest BCUT2D eigenvalue weighted by molar-refractivity contribution is 7.93. The van der Waals surface area contributed by atoms with Crippen molar-refractivity contribution in [3.05, 3.63) is 71.0 Å². The first-order valence-electron chi connectivity index (χ1n) is 10.5. The molecule has 1 aromatic heterocycles. The number of benzene rings is 2. The maximum Gasteiger partial charge on any atom is 0.268 e. The second-order valence-electron chi connectivity index (χ2n) is 8.30. The Morgan fingerprint density at radius 1 is 1.03 bits per heavy atom. The molecule has 0 fully saturated rings. The Hall–Kier alpha value is -3.13. The predicted molar refractivity (Wildman–Crippen MR) is 128 cm³/mol. The van der Waals surface area contributed by atoms with Crippen molar-refractivity contribution >= 4 is 27.3 Å². The van der Waals surface area contributed by atoms with Gasteiger partial charge in [0.2, 0.25) is 5.91 Å². The molecule has 0 saturated heterocycles. The third-order valence-corrected chi connectivity index (χ3v) is 7.49. The van der Waals surface area contributed by atoms with Crippen LogP contribution in [0.5, 0.6) is 0 Å². The zero-order chi connectivity index (χ0) is 23.6. The van der Waals surface area contributed by atoms with Gasteiger partial charge in [-0.2, -0.15) is 5.10 Å². The van der Waals surface area contributed by atoms with Gasteiger partial charge in [-0.3, -0.25) is 13.8 Å². The molecule has 0 bridgehead atoms. The molecule has 7 nitrogen and oxygen atoms in total. The number of carbonyl (C=O) groups is 1. The van der Waals surface area contributed by atoms with E-state index in [9.17, 15) is 13.2 Å². The van der Waals surface area contributed by atoms with E-state index in [2.05, 4.69) is 24.3 Å². The molecule has 32 heavy (non-hydrogen) atoms. The molecule has 1 N–H and O–H groups in total. The van der Waals surface area contributed by atoms with Gasteiger partial charge in [-0.1, -0.05) is 43.7 Å². The van der Waals surface area contributed by atoms with E-state index >= 15 is 0 Å². The first kappa shape index (κ1) is 23.5. The third-order valence-electron chi connectivity index (χ3n) is 5.46. The van der Waals surface area contributed by atoms with E-state index in [-0.39, 0.29) is 11.4 Å². The number of anilines is 2. The lowest BCUT2D eigenvalue weighted by molar-refractivity contribution is -0.114. The minimum atomic E-state index is -4.02. The summed E-state index contributed by atoms with van der Waals surface area (Å²) in [6.45, 7) is 9.12. The van der Waals surface area contributed by atoms with E-state index in [0.29, 0.717) is 28.7 Å². The maximum atomic E-state index is 13.7. The first-order valence-corrected chi connectivity index (χ1v) is 11.9. The number of sulfonamides is 1. The normalized spacial score (nSPS) is 11.6. The number of hydrogen-bond donors (Lipinski definition) is 1. The van der Waals surface area contributed by atoms with Gasteiger partial charge in [-0.15, -0.1) is 0 Å². The van der Waals surface area contributed by atoms with E-state index in [0.717, 1.165) is 15.4 Å². The minimum Gasteiger partial charge on any atom is -0.325 e. The smallest absolute Gasteiger partial charge is 0.268 e. The summed E-state index contributed by atoms with van der Waals surface area (Å²) in [5.41, 5.74) is 4.11. The van der Waals surface area contributed by atoms with Crippen LogP contribution in [-0.4, -0.2) is 30.7 Å². The summed E-state index contributed by atoms with van der Waals surface area (Å²) < 4.78 is 30.0. The molecule has 0 aliphatic carbocycles. The maximum absolute atomic E-state index is 13.7. The Bertz CT molecular complexity index is 1210. The fourth-order valence-corrected chi connectivity index (χ4v) is 5.37. The zero-order valence-electron chi connectivity index (χ0n) is 19.4. The van der Waals surface area contributed by atoms with E-state index < -0.39 is 15.9 Å². The molecule has 0 spiro atoms. The lowest BCUT2D eigenvalue weighted by atomic mass is 10.0. The van der Waals surface area contributed by atoms with Gasteiger partial charge in [0, 0.05) is 12.7 Å². The molecule has 0 atom stereocenters. The molecule has 0 saturated carbocycles. The molecule has 0 aliphatic heterocycles. The molecule has 0 radical (unpaired) electrons. The SMILES string of the molecule is Cc1ccc(N(CC(=O)Nc2ccc(C(C)C)cc2)S(=O)(=O)c2c(C)nn(C)c2C)cc1. The van der Waals surface area contributed by atoms with E-state index in [1.807, 2.05) is 43.3 Å². The molecule has 170 valence electrons. The van der Waals surface area contributed by atoms with Crippen LogP contribution in [0.4, 0.5) is 11.4 Å². The quantitative estimate of drug-likeness (QED) is 0.577. The van der Waals surface area contributed by atoms with Crippen molar-refractivity contribution in [2.24, 2.45) is 7.05 Å². The van der Waals surface area contributed by atoms with Crippen LogP contribution in [0.3, 0.4) is 0 Å². The van der Waals surface area contributed by atoms with Crippen molar-refractivity contribution in [2.45, 2.75) is 45.4 Å². The molecule has 0 aliphatic rings. The molecule has 0 unspecified atom stereocenters. The van der Waals surface area contributed by atoms with Gasteiger partial charge in [-0.05, 0) is 56.5 Å². The second-order valence-corrected chi connectivity index (χ2v) is 10.1. The number of hydrogen-bond acceptors (Lipinski definition) is 4. The van der Waals surface area contributed by atoms with E-state index in [1.165, 1.54) is 4.68 Å². The van der Waals surface area contributed by atoms with Gasteiger partial charge >= 0.3 is 0 Å². The summed E-state index contributed by atoms with van der Waals surface area (Å²) in [4.78, 5) is 13.0. The van der Waals surface area contributed by atoms with Crippen molar-refractivity contribution in [2.75, 3.05) is 16.2 Å². The zero-order valence-corrected chi connectivity index (χ0v) is 20.2. The Labute approximate surface area is 190 Å². The van der Waals surface area contributed by atoms with E-state index in [1.54, 1.807) is 33.0 Å². The lowest BCUT2D eigenvalue weighted by Crippen LogP contribution is -2.38. The number of nitrogens with zero attached hydrogens (tertiary/aromatic N) is 3. The average Bonchev–Trinajstić information content (AvgIpc) is 2.99. The van der Waals surface area contributed by atoms with Gasteiger partial charge < -0.3 is 5.32 Å². The van der Waals surface area contributed by atoms with Gasteiger partial charge in [0.25, 0.3) is 10.0 Å². The van der Waals surface area contributed by atoms with Crippen LogP contribution in [0.2, 0.25) is 0 Å². The predicted octanol–water partition coefficient (Wildman–Crippen LogP) is 4.30. The molecule has 2 aromatic carbocycles. The first-order chi connectivity index (χ1) is 15.0. The highest BCUT2D eigenvalue weighted by atomic mass is 32.2. The number of rotatable bonds is 7. The summed E-state index contributed by atoms with van der Waals surface area (Å²) in [6, 6.07) is 14.6. The van der Waals surface area contributed by atoms with Crippen LogP contribution in [0.1, 0.15) is 42.3 Å². The molecule has 8 heteroatoms. The fraction of sp³-hybridized carbons (Fsp3) is 0.333. The molecular weight excluding hydrogens is 424 g/mol. The van der Waals surface area contributed by atoms with Crippen molar-refractivity contribution < 1.29 is 13.2 Å². The Morgan fingerprint density at radius 2 is 1.62 bits per heavy atom. The molecule has 1 amide bonds. The summed E-state index contributed by atoms with van der Waals surface area (Å²) in [7, 11) is -2.32. The molecular formula is C24H30N4O3S. The van der Waals surface area contributed by atoms with Crippen LogP contribution in [-0.2, 0) is 21.9 Å². The molecule has 3 aromatic rings. The number of aryl methyl sites for hydroxylation is 3. The summed E-state index contributed by atoms with van der Waals surface area (Å²) >= 11 is 0. The number of nitrogens with one attached hydrogen (secondary N) is 1. The lowest BCUT2D eigenvalue weighted by Gasteiger charge is -2.24. The summed E-state index contributed by atoms with van der Waals surface area (Å²) in [5.74, 6) is -0.0430. The minimum absolute atomic E-state index is 0.120. The molecule has 1 heterocycles. The Kier molecular flexibility index (Phi) is 6.74. The van der Waals surface area contributed by atoms with Gasteiger partial charge in [0.15, 0.2) is 0 Å². The largest absolute Gasteiger partial charge is 0.325 e. The highest BCUT2D eigenvalue weighted by Crippen LogP contribution is 2.28. The monoisotopic (exact) mass is 454 g/mol. The van der Waals surface area contributed by atoms with E-state index in [4.69, 9.17) is 0 Å². The van der Waals surface area contributed by atoms with Crippen molar-refractivity contribution in [1.29, 1.82) is 0 Å². The van der Waals surface area contributed by atoms with Crippen molar-refractivity contribution in [3.8, 4) is 0 Å². The van der Waals surface area contributed by atoms with Crippen LogP contribution in [0.15, 0.2) is 53.4 Å². The molecule has 3 rings (SSSR count). The summed E-state index contributed by atoms with van der Waals surface area (Å²) in [5, 5.41) is 7.06. The average molecular weight is 455 g/mol. The summed E-state index contributed by atoms with van der Waals surface area (Å²) in [6.07, 6.45) is 0. The second kappa shape index (κ2) is 9.16. The highest BCUT2D eigenvalue weighted by Gasteiger charge is 2.32. The standard InChI is InChI=1S/C24H30N4O3S/c1-16(2)20-9-11-21(12-10-20)25-23(29)15-28(22-13-7-17(3)8-14-22)32(30,31)24-18(4)26-27(6)19(24)5/h7-14,16H,15H2,1-6H3,(H,25,29).